The highest BCUT2D eigenvalue weighted by atomic mass is 16.3. The maximum absolute atomic E-state index is 10.0. The van der Waals surface area contributed by atoms with Crippen LogP contribution < -0.4 is 0 Å². The lowest BCUT2D eigenvalue weighted by Crippen LogP contribution is -1.92. The zero-order chi connectivity index (χ0) is 54.0. The summed E-state index contributed by atoms with van der Waals surface area (Å²) in [5, 5.41) is 2.41. The highest BCUT2D eigenvalue weighted by Crippen LogP contribution is 2.47. The fourth-order valence-corrected chi connectivity index (χ4v) is 8.09. The summed E-state index contributed by atoms with van der Waals surface area (Å²) in [4.78, 5) is 0. The average Bonchev–Trinajstić information content (AvgIpc) is 3.85. The first-order valence-electron chi connectivity index (χ1n) is 27.6. The Bertz CT molecular complexity index is 4620. The molecule has 0 unspecified atom stereocenters. The van der Waals surface area contributed by atoms with E-state index in [-0.39, 0.29) is 83.8 Å². The van der Waals surface area contributed by atoms with E-state index in [4.69, 9.17) is 23.6 Å². The predicted molar refractivity (Wildman–Crippen MR) is 243 cm³/mol. The third kappa shape index (κ3) is 4.96. The second kappa shape index (κ2) is 12.5. The molecule has 0 saturated carbocycles. The minimum absolute atomic E-state index is 0.0202. The first kappa shape index (κ1) is 18.4. The molecule has 0 aliphatic rings. The molecule has 0 radical (unpaired) electrons. The first-order valence-corrected chi connectivity index (χ1v) is 18.1. The normalized spacial score (nSPS) is 16.5. The van der Waals surface area contributed by atoms with E-state index in [0.717, 1.165) is 0 Å². The Kier molecular flexibility index (Phi) is 4.05. The fraction of sp³-hybridized carbons (Fsp3) is 0. The summed E-state index contributed by atoms with van der Waals surface area (Å²) >= 11 is 0. The summed E-state index contributed by atoms with van der Waals surface area (Å²) in [6.07, 6.45) is 0. The van der Waals surface area contributed by atoms with Crippen LogP contribution in [0.2, 0.25) is 0 Å². The number of rotatable bonds is 4. The van der Waals surface area contributed by atoms with Crippen molar-refractivity contribution in [1.29, 1.82) is 0 Å². The fourth-order valence-electron chi connectivity index (χ4n) is 8.09. The largest absolute Gasteiger partial charge is 0.456 e. The van der Waals surface area contributed by atoms with E-state index in [1.165, 1.54) is 6.07 Å². The van der Waals surface area contributed by atoms with Gasteiger partial charge in [-0.15, -0.1) is 0 Å². The molecule has 12 aromatic rings. The number of hydrogen-bond donors (Lipinski definition) is 0. The Morgan fingerprint density at radius 1 is 0.316 bits per heavy atom. The molecule has 1 heterocycles. The van der Waals surface area contributed by atoms with Crippen LogP contribution >= 0.6 is 0 Å². The lowest BCUT2D eigenvalue weighted by atomic mass is 9.83. The van der Waals surface area contributed by atoms with Crippen molar-refractivity contribution < 1.29 is 30.5 Å². The zero-order valence-electron chi connectivity index (χ0n) is 48.6. The topological polar surface area (TPSA) is 13.1 Å². The second-order valence-corrected chi connectivity index (χ2v) is 13.7. The molecule has 264 valence electrons. The summed E-state index contributed by atoms with van der Waals surface area (Å²) in [6.45, 7) is 0. The van der Waals surface area contributed by atoms with Crippen molar-refractivity contribution in [3.8, 4) is 44.5 Å². The summed E-state index contributed by atoms with van der Waals surface area (Å²) in [5.74, 6) is 0. The van der Waals surface area contributed by atoms with E-state index in [2.05, 4.69) is 0 Å². The Balaban J connectivity index is 1.12. The van der Waals surface area contributed by atoms with Gasteiger partial charge in [-0.25, -0.2) is 0 Å². The molecule has 0 atom stereocenters. The van der Waals surface area contributed by atoms with Crippen LogP contribution in [0, 0.1) is 0 Å². The number of benzene rings is 11. The molecule has 1 heteroatoms. The smallest absolute Gasteiger partial charge is 0.136 e. The van der Waals surface area contributed by atoms with E-state index >= 15 is 0 Å². The molecular formula is C56H34O. The van der Waals surface area contributed by atoms with Crippen molar-refractivity contribution in [2.24, 2.45) is 0 Å². The average molecular weight is 742 g/mol. The third-order valence-corrected chi connectivity index (χ3v) is 10.6. The Morgan fingerprint density at radius 2 is 0.895 bits per heavy atom. The van der Waals surface area contributed by atoms with E-state index in [9.17, 15) is 6.85 Å². The van der Waals surface area contributed by atoms with Gasteiger partial charge in [0.2, 0.25) is 0 Å². The Hall–Kier alpha value is -7.48. The molecule has 0 N–H and O–H groups in total. The van der Waals surface area contributed by atoms with E-state index in [1.807, 2.05) is 0 Å². The SMILES string of the molecule is [2H]c1cc2c(-c3c4ccccc4c(-c4c([2H])c([2H])c([2H])c5c([2H])c([2H])c(-c6ccc7c(c6)oc6ccc(-c8c([2H])c([2H])c([2H])c9c([2H])c([2H])c([2H])c([2H])c89)cc67)c([2H])c45)c4ccccc34)c([2H])c([2H])c([2H])c2c([2H])c1[2H]. The van der Waals surface area contributed by atoms with E-state index in [0.29, 0.717) is 54.6 Å². The summed E-state index contributed by atoms with van der Waals surface area (Å²) in [6, 6.07) is 16.3. The number of fused-ring (bicyclic) bond motifs is 8. The molecule has 1 nitrogen and oxygen atoms in total. The van der Waals surface area contributed by atoms with Gasteiger partial charge in [-0.05, 0) is 129 Å². The van der Waals surface area contributed by atoms with Gasteiger partial charge in [0.1, 0.15) is 11.2 Å². The van der Waals surface area contributed by atoms with Crippen molar-refractivity contribution in [2.45, 2.75) is 0 Å². The number of furan rings is 1. The minimum Gasteiger partial charge on any atom is -0.456 e. The first-order chi connectivity index (χ1) is 36.2. The van der Waals surface area contributed by atoms with Crippen molar-refractivity contribution in [3.05, 3.63) is 206 Å². The standard InChI is InChI=1S/C56H34O/c1-3-17-41-35(12-1)14-9-23-43(41)40-29-31-53-52(33-40)44-30-28-39(34-54(44)57-53)38-27-26-37-16-11-25-50(51(37)32-38)56-48-21-7-5-19-46(48)55(47-20-6-8-22-49(47)56)45-24-10-15-36-13-2-4-18-42(36)45/h1-34H/i1D,2D,3D,4D,9D,10D,11D,12D,13D,14D,15D,16D,17D,23D,24D,25D,26D,27D,32D. The van der Waals surface area contributed by atoms with Gasteiger partial charge in [0.05, 0.1) is 26.0 Å². The van der Waals surface area contributed by atoms with Gasteiger partial charge >= 0.3 is 0 Å². The van der Waals surface area contributed by atoms with Crippen LogP contribution in [0.4, 0.5) is 0 Å². The summed E-state index contributed by atoms with van der Waals surface area (Å²) in [7, 11) is 0. The molecule has 12 rings (SSSR count). The molecule has 0 amide bonds. The highest BCUT2D eigenvalue weighted by molar-refractivity contribution is 6.25. The molecule has 0 aliphatic carbocycles. The third-order valence-electron chi connectivity index (χ3n) is 10.6. The van der Waals surface area contributed by atoms with Crippen LogP contribution in [-0.2, 0) is 0 Å². The molecule has 1 aromatic heterocycles. The van der Waals surface area contributed by atoms with Crippen molar-refractivity contribution in [1.82, 2.24) is 0 Å². The maximum Gasteiger partial charge on any atom is 0.136 e. The van der Waals surface area contributed by atoms with Crippen molar-refractivity contribution in [3.63, 3.8) is 0 Å². The zero-order valence-corrected chi connectivity index (χ0v) is 29.6. The van der Waals surface area contributed by atoms with E-state index in [1.54, 1.807) is 84.9 Å². The van der Waals surface area contributed by atoms with Crippen LogP contribution in [-0.4, -0.2) is 0 Å². The molecular weight excluding hydrogens is 689 g/mol. The Morgan fingerprint density at radius 3 is 1.61 bits per heavy atom. The van der Waals surface area contributed by atoms with Crippen LogP contribution in [0.25, 0.3) is 120 Å². The lowest BCUT2D eigenvalue weighted by Gasteiger charge is -2.20. The summed E-state index contributed by atoms with van der Waals surface area (Å²) < 4.78 is 176. The summed E-state index contributed by atoms with van der Waals surface area (Å²) in [5.41, 5.74) is 2.10. The van der Waals surface area contributed by atoms with Gasteiger partial charge in [0, 0.05) is 10.8 Å². The van der Waals surface area contributed by atoms with Crippen molar-refractivity contribution >= 4 is 75.8 Å². The predicted octanol–water partition coefficient (Wildman–Crippen LogP) is 16.0. The van der Waals surface area contributed by atoms with Gasteiger partial charge < -0.3 is 4.42 Å². The van der Waals surface area contributed by atoms with Gasteiger partial charge in [-0.1, -0.05) is 175 Å². The quantitative estimate of drug-likeness (QED) is 0.164. The van der Waals surface area contributed by atoms with Gasteiger partial charge in [-0.2, -0.15) is 0 Å². The van der Waals surface area contributed by atoms with Gasteiger partial charge in [-0.3, -0.25) is 0 Å². The van der Waals surface area contributed by atoms with Gasteiger partial charge in [0.25, 0.3) is 0 Å². The van der Waals surface area contributed by atoms with Crippen LogP contribution in [0.5, 0.6) is 0 Å². The molecule has 0 aliphatic heterocycles. The molecule has 0 spiro atoms. The molecule has 0 bridgehead atoms. The maximum atomic E-state index is 10.0. The monoisotopic (exact) mass is 741 g/mol. The molecule has 0 saturated heterocycles. The Labute approximate surface area is 356 Å². The van der Waals surface area contributed by atoms with Gasteiger partial charge in [0.15, 0.2) is 0 Å². The van der Waals surface area contributed by atoms with Crippen molar-refractivity contribution in [2.75, 3.05) is 0 Å². The van der Waals surface area contributed by atoms with Crippen LogP contribution in [0.15, 0.2) is 210 Å². The van der Waals surface area contributed by atoms with Crippen LogP contribution in [0.3, 0.4) is 0 Å². The minimum atomic E-state index is -0.568. The highest BCUT2D eigenvalue weighted by Gasteiger charge is 2.19. The molecule has 57 heavy (non-hydrogen) atoms. The molecule has 0 fully saturated rings. The number of hydrogen-bond acceptors (Lipinski definition) is 1. The molecule has 11 aromatic carbocycles. The van der Waals surface area contributed by atoms with Crippen LogP contribution in [0.1, 0.15) is 26.0 Å². The second-order valence-electron chi connectivity index (χ2n) is 13.7. The van der Waals surface area contributed by atoms with E-state index < -0.39 is 96.7 Å². The lowest BCUT2D eigenvalue weighted by molar-refractivity contribution is 0.669.